The molecule has 0 bridgehead atoms. The van der Waals surface area contributed by atoms with Crippen LogP contribution in [-0.2, 0) is 6.54 Å². The smallest absolute Gasteiger partial charge is 0.120 e. The molecular weight excluding hydrogens is 202 g/mol. The van der Waals surface area contributed by atoms with E-state index in [4.69, 9.17) is 5.73 Å². The molecule has 1 aliphatic rings. The van der Waals surface area contributed by atoms with Crippen LogP contribution in [0.3, 0.4) is 0 Å². The molecule has 16 heavy (non-hydrogen) atoms. The minimum atomic E-state index is 0.341. The van der Waals surface area contributed by atoms with E-state index in [1.807, 2.05) is 6.07 Å². The fourth-order valence-corrected chi connectivity index (χ4v) is 1.98. The lowest BCUT2D eigenvalue weighted by Crippen LogP contribution is -2.43. The van der Waals surface area contributed by atoms with Crippen molar-refractivity contribution in [1.29, 1.82) is 0 Å². The SMILES string of the molecule is CN1CCN(Cc2cc(N)ccc2O)CC1. The van der Waals surface area contributed by atoms with Crippen molar-refractivity contribution in [1.82, 2.24) is 9.80 Å². The third kappa shape index (κ3) is 2.65. The van der Waals surface area contributed by atoms with E-state index in [9.17, 15) is 5.11 Å². The fraction of sp³-hybridized carbons (Fsp3) is 0.500. The van der Waals surface area contributed by atoms with Crippen molar-refractivity contribution >= 4 is 5.69 Å². The zero-order valence-electron chi connectivity index (χ0n) is 9.69. The number of phenols is 1. The molecule has 1 saturated heterocycles. The zero-order chi connectivity index (χ0) is 11.5. The highest BCUT2D eigenvalue weighted by molar-refractivity contribution is 5.47. The van der Waals surface area contributed by atoms with Gasteiger partial charge < -0.3 is 15.7 Å². The highest BCUT2D eigenvalue weighted by Crippen LogP contribution is 2.21. The van der Waals surface area contributed by atoms with Gasteiger partial charge in [0.25, 0.3) is 0 Å². The van der Waals surface area contributed by atoms with Crippen LogP contribution < -0.4 is 5.73 Å². The maximum Gasteiger partial charge on any atom is 0.120 e. The van der Waals surface area contributed by atoms with E-state index in [0.29, 0.717) is 11.4 Å². The Labute approximate surface area is 96.3 Å². The first-order chi connectivity index (χ1) is 7.65. The number of nitrogens with zero attached hydrogens (tertiary/aromatic N) is 2. The minimum absolute atomic E-state index is 0.341. The first kappa shape index (κ1) is 11.2. The molecule has 0 unspecified atom stereocenters. The average molecular weight is 221 g/mol. The molecule has 0 atom stereocenters. The number of phenolic OH excluding ortho intramolecular Hbond substituents is 1. The molecule has 0 radical (unpaired) electrons. The number of hydrogen-bond acceptors (Lipinski definition) is 4. The number of anilines is 1. The molecule has 2 rings (SSSR count). The summed E-state index contributed by atoms with van der Waals surface area (Å²) in [6, 6.07) is 5.25. The van der Waals surface area contributed by atoms with Gasteiger partial charge in [-0.2, -0.15) is 0 Å². The molecule has 88 valence electrons. The second kappa shape index (κ2) is 4.72. The van der Waals surface area contributed by atoms with Crippen LogP contribution in [0.1, 0.15) is 5.56 Å². The first-order valence-corrected chi connectivity index (χ1v) is 5.63. The average Bonchev–Trinajstić information content (AvgIpc) is 2.27. The van der Waals surface area contributed by atoms with Gasteiger partial charge in [-0.25, -0.2) is 0 Å². The first-order valence-electron chi connectivity index (χ1n) is 5.63. The van der Waals surface area contributed by atoms with Crippen molar-refractivity contribution in [3.05, 3.63) is 23.8 Å². The van der Waals surface area contributed by atoms with Gasteiger partial charge in [0.2, 0.25) is 0 Å². The van der Waals surface area contributed by atoms with E-state index in [1.165, 1.54) is 0 Å². The maximum absolute atomic E-state index is 9.72. The van der Waals surface area contributed by atoms with Crippen LogP contribution in [0, 0.1) is 0 Å². The van der Waals surface area contributed by atoms with Gasteiger partial charge in [-0.1, -0.05) is 0 Å². The molecule has 1 fully saturated rings. The van der Waals surface area contributed by atoms with E-state index in [0.717, 1.165) is 38.3 Å². The Hall–Kier alpha value is -1.26. The van der Waals surface area contributed by atoms with Crippen molar-refractivity contribution in [2.75, 3.05) is 39.0 Å². The molecule has 1 heterocycles. The van der Waals surface area contributed by atoms with E-state index in [1.54, 1.807) is 12.1 Å². The minimum Gasteiger partial charge on any atom is -0.508 e. The molecule has 0 saturated carbocycles. The topological polar surface area (TPSA) is 52.7 Å². The predicted octanol–water partition coefficient (Wildman–Crippen LogP) is 0.722. The summed E-state index contributed by atoms with van der Waals surface area (Å²) in [5, 5.41) is 9.72. The Morgan fingerprint density at radius 1 is 1.25 bits per heavy atom. The summed E-state index contributed by atoms with van der Waals surface area (Å²) in [5.41, 5.74) is 7.35. The van der Waals surface area contributed by atoms with Crippen molar-refractivity contribution in [2.45, 2.75) is 6.54 Å². The lowest BCUT2D eigenvalue weighted by Gasteiger charge is -2.32. The molecule has 0 aromatic heterocycles. The number of likely N-dealkylation sites (N-methyl/N-ethyl adjacent to an activating group) is 1. The highest BCUT2D eigenvalue weighted by Gasteiger charge is 2.15. The van der Waals surface area contributed by atoms with Crippen LogP contribution in [-0.4, -0.2) is 48.1 Å². The molecule has 0 spiro atoms. The van der Waals surface area contributed by atoms with Crippen molar-refractivity contribution in [3.8, 4) is 5.75 Å². The van der Waals surface area contributed by atoms with Gasteiger partial charge in [0, 0.05) is 44.0 Å². The van der Waals surface area contributed by atoms with Crippen LogP contribution in [0.15, 0.2) is 18.2 Å². The Balaban J connectivity index is 2.00. The van der Waals surface area contributed by atoms with Gasteiger partial charge in [-0.3, -0.25) is 4.90 Å². The number of benzene rings is 1. The number of aromatic hydroxyl groups is 1. The third-order valence-corrected chi connectivity index (χ3v) is 3.09. The largest absolute Gasteiger partial charge is 0.508 e. The maximum atomic E-state index is 9.72. The number of rotatable bonds is 2. The van der Waals surface area contributed by atoms with E-state index < -0.39 is 0 Å². The zero-order valence-corrected chi connectivity index (χ0v) is 9.69. The molecule has 1 aromatic rings. The Morgan fingerprint density at radius 2 is 1.94 bits per heavy atom. The van der Waals surface area contributed by atoms with Gasteiger partial charge in [0.05, 0.1) is 0 Å². The van der Waals surface area contributed by atoms with Crippen LogP contribution in [0.4, 0.5) is 5.69 Å². The summed E-state index contributed by atoms with van der Waals surface area (Å²) in [6.07, 6.45) is 0. The molecule has 3 N–H and O–H groups in total. The lowest BCUT2D eigenvalue weighted by molar-refractivity contribution is 0.147. The van der Waals surface area contributed by atoms with Gasteiger partial charge in [0.1, 0.15) is 5.75 Å². The predicted molar refractivity (Wildman–Crippen MR) is 65.3 cm³/mol. The molecule has 4 heteroatoms. The van der Waals surface area contributed by atoms with Crippen LogP contribution in [0.5, 0.6) is 5.75 Å². The molecule has 1 aliphatic heterocycles. The van der Waals surface area contributed by atoms with Crippen molar-refractivity contribution in [3.63, 3.8) is 0 Å². The summed E-state index contributed by atoms with van der Waals surface area (Å²) in [6.45, 7) is 5.05. The van der Waals surface area contributed by atoms with Crippen molar-refractivity contribution in [2.24, 2.45) is 0 Å². The van der Waals surface area contributed by atoms with Gasteiger partial charge in [-0.15, -0.1) is 0 Å². The van der Waals surface area contributed by atoms with E-state index in [-0.39, 0.29) is 0 Å². The van der Waals surface area contributed by atoms with Gasteiger partial charge >= 0.3 is 0 Å². The van der Waals surface area contributed by atoms with Crippen LogP contribution in [0.25, 0.3) is 0 Å². The summed E-state index contributed by atoms with van der Waals surface area (Å²) in [5.74, 6) is 0.341. The Bertz CT molecular complexity index is 359. The summed E-state index contributed by atoms with van der Waals surface area (Å²) in [7, 11) is 2.13. The third-order valence-electron chi connectivity index (χ3n) is 3.09. The molecule has 1 aromatic carbocycles. The highest BCUT2D eigenvalue weighted by atomic mass is 16.3. The number of nitrogen functional groups attached to an aromatic ring is 1. The quantitative estimate of drug-likeness (QED) is 0.571. The van der Waals surface area contributed by atoms with Gasteiger partial charge in [-0.05, 0) is 25.2 Å². The van der Waals surface area contributed by atoms with E-state index in [2.05, 4.69) is 16.8 Å². The summed E-state index contributed by atoms with van der Waals surface area (Å²) in [4.78, 5) is 4.66. The second-order valence-electron chi connectivity index (χ2n) is 4.47. The normalized spacial score (nSPS) is 18.8. The van der Waals surface area contributed by atoms with Crippen molar-refractivity contribution < 1.29 is 5.11 Å². The van der Waals surface area contributed by atoms with E-state index >= 15 is 0 Å². The Kier molecular flexibility index (Phi) is 3.31. The summed E-state index contributed by atoms with van der Waals surface area (Å²) < 4.78 is 0. The lowest BCUT2D eigenvalue weighted by atomic mass is 10.1. The number of piperazine rings is 1. The molecular formula is C12H19N3O. The van der Waals surface area contributed by atoms with Crippen LogP contribution >= 0.6 is 0 Å². The van der Waals surface area contributed by atoms with Gasteiger partial charge in [0.15, 0.2) is 0 Å². The number of hydrogen-bond donors (Lipinski definition) is 2. The fourth-order valence-electron chi connectivity index (χ4n) is 1.98. The number of nitrogens with two attached hydrogens (primary N) is 1. The second-order valence-corrected chi connectivity index (χ2v) is 4.47. The Morgan fingerprint density at radius 3 is 2.62 bits per heavy atom. The standard InChI is InChI=1S/C12H19N3O/c1-14-4-6-15(7-5-14)9-10-8-11(13)2-3-12(10)16/h2-3,8,16H,4-7,9,13H2,1H3. The molecule has 4 nitrogen and oxygen atoms in total. The molecule has 0 aliphatic carbocycles. The summed E-state index contributed by atoms with van der Waals surface area (Å²) >= 11 is 0. The van der Waals surface area contributed by atoms with Crippen LogP contribution in [0.2, 0.25) is 0 Å². The molecule has 0 amide bonds. The monoisotopic (exact) mass is 221 g/mol.